The van der Waals surface area contributed by atoms with Crippen molar-refractivity contribution in [3.63, 3.8) is 0 Å². The van der Waals surface area contributed by atoms with E-state index in [9.17, 15) is 0 Å². The molecule has 2 rings (SSSR count). The molecule has 0 aliphatic rings. The van der Waals surface area contributed by atoms with E-state index in [2.05, 4.69) is 30.2 Å². The normalized spacial score (nSPS) is 10.8. The maximum atomic E-state index is 6.04. The molecule has 0 aromatic carbocycles. The van der Waals surface area contributed by atoms with E-state index >= 15 is 0 Å². The van der Waals surface area contributed by atoms with Crippen LogP contribution in [0.25, 0.3) is 0 Å². The second-order valence-electron chi connectivity index (χ2n) is 4.02. The molecule has 17 heavy (non-hydrogen) atoms. The molecule has 0 saturated carbocycles. The summed E-state index contributed by atoms with van der Waals surface area (Å²) in [5, 5.41) is 4.12. The molecule has 0 aliphatic carbocycles. The highest BCUT2D eigenvalue weighted by atomic mass is 35.5. The molecule has 2 heterocycles. The van der Waals surface area contributed by atoms with Crippen LogP contribution < -0.4 is 5.32 Å². The number of hydrogen-bond donors (Lipinski definition) is 1. The van der Waals surface area contributed by atoms with Gasteiger partial charge in [0.25, 0.3) is 0 Å². The summed E-state index contributed by atoms with van der Waals surface area (Å²) < 4.78 is 0. The fraction of sp³-hybridized carbons (Fsp3) is 0.308. The molecule has 0 saturated heterocycles. The summed E-state index contributed by atoms with van der Waals surface area (Å²) >= 11 is 7.88. The Kier molecular flexibility index (Phi) is 4.15. The summed E-state index contributed by atoms with van der Waals surface area (Å²) in [6.45, 7) is 5.97. The number of pyridine rings is 1. The van der Waals surface area contributed by atoms with Gasteiger partial charge in [0, 0.05) is 35.2 Å². The Labute approximate surface area is 111 Å². The van der Waals surface area contributed by atoms with Gasteiger partial charge in [-0.1, -0.05) is 11.6 Å². The van der Waals surface area contributed by atoms with E-state index in [1.165, 1.54) is 15.3 Å². The first-order valence-electron chi connectivity index (χ1n) is 5.52. The highest BCUT2D eigenvalue weighted by molar-refractivity contribution is 7.12. The molecular weight excluding hydrogens is 252 g/mol. The summed E-state index contributed by atoms with van der Waals surface area (Å²) in [7, 11) is 0. The minimum Gasteiger partial charge on any atom is -0.308 e. The van der Waals surface area contributed by atoms with Gasteiger partial charge < -0.3 is 5.32 Å². The maximum absolute atomic E-state index is 6.04. The van der Waals surface area contributed by atoms with E-state index in [1.54, 1.807) is 12.4 Å². The third-order valence-corrected chi connectivity index (χ3v) is 4.18. The Morgan fingerprint density at radius 2 is 2.18 bits per heavy atom. The summed E-state index contributed by atoms with van der Waals surface area (Å²) in [4.78, 5) is 6.73. The summed E-state index contributed by atoms with van der Waals surface area (Å²) in [6, 6.07) is 4.18. The lowest BCUT2D eigenvalue weighted by molar-refractivity contribution is 0.700. The van der Waals surface area contributed by atoms with Gasteiger partial charge in [-0.2, -0.15) is 0 Å². The van der Waals surface area contributed by atoms with Crippen molar-refractivity contribution >= 4 is 22.9 Å². The van der Waals surface area contributed by atoms with Gasteiger partial charge in [-0.3, -0.25) is 4.98 Å². The second kappa shape index (κ2) is 5.63. The van der Waals surface area contributed by atoms with Crippen molar-refractivity contribution in [2.24, 2.45) is 0 Å². The predicted molar refractivity (Wildman–Crippen MR) is 73.6 cm³/mol. The third-order valence-electron chi connectivity index (χ3n) is 2.69. The van der Waals surface area contributed by atoms with Gasteiger partial charge in [-0.05, 0) is 37.1 Å². The van der Waals surface area contributed by atoms with Gasteiger partial charge in [-0.25, -0.2) is 0 Å². The SMILES string of the molecule is Cc1cc(CNCc2ccncc2Cl)sc1C. The molecule has 0 bridgehead atoms. The summed E-state index contributed by atoms with van der Waals surface area (Å²) in [5.41, 5.74) is 2.46. The lowest BCUT2D eigenvalue weighted by Crippen LogP contribution is -2.12. The van der Waals surface area contributed by atoms with Crippen molar-refractivity contribution in [3.05, 3.63) is 50.4 Å². The van der Waals surface area contributed by atoms with Crippen LogP contribution in [0.5, 0.6) is 0 Å². The van der Waals surface area contributed by atoms with Crippen LogP contribution in [0.1, 0.15) is 20.9 Å². The Bertz CT molecular complexity index is 488. The Morgan fingerprint density at radius 3 is 2.82 bits per heavy atom. The van der Waals surface area contributed by atoms with Crippen LogP contribution in [0.2, 0.25) is 5.02 Å². The average molecular weight is 267 g/mol. The van der Waals surface area contributed by atoms with Gasteiger partial charge in [0.2, 0.25) is 0 Å². The Balaban J connectivity index is 1.90. The molecule has 0 fully saturated rings. The smallest absolute Gasteiger partial charge is 0.0634 e. The molecule has 2 nitrogen and oxygen atoms in total. The molecule has 0 atom stereocenters. The highest BCUT2D eigenvalue weighted by Gasteiger charge is 2.02. The zero-order valence-electron chi connectivity index (χ0n) is 9.96. The zero-order valence-corrected chi connectivity index (χ0v) is 11.5. The van der Waals surface area contributed by atoms with Crippen LogP contribution in [0.15, 0.2) is 24.5 Å². The fourth-order valence-corrected chi connectivity index (χ4v) is 2.81. The number of aryl methyl sites for hydroxylation is 2. The molecule has 0 aliphatic heterocycles. The number of hydrogen-bond acceptors (Lipinski definition) is 3. The largest absolute Gasteiger partial charge is 0.308 e. The maximum Gasteiger partial charge on any atom is 0.0634 e. The van der Waals surface area contributed by atoms with Crippen molar-refractivity contribution < 1.29 is 0 Å². The molecule has 4 heteroatoms. The molecule has 2 aromatic heterocycles. The minimum atomic E-state index is 0.721. The number of halogens is 1. The predicted octanol–water partition coefficient (Wildman–Crippen LogP) is 3.70. The lowest BCUT2D eigenvalue weighted by atomic mass is 10.2. The van der Waals surface area contributed by atoms with Gasteiger partial charge >= 0.3 is 0 Å². The first kappa shape index (κ1) is 12.6. The van der Waals surface area contributed by atoms with Gasteiger partial charge in [0.15, 0.2) is 0 Å². The van der Waals surface area contributed by atoms with Crippen molar-refractivity contribution in [1.82, 2.24) is 10.3 Å². The van der Waals surface area contributed by atoms with Crippen molar-refractivity contribution in [2.45, 2.75) is 26.9 Å². The van der Waals surface area contributed by atoms with Crippen molar-refractivity contribution in [2.75, 3.05) is 0 Å². The first-order valence-corrected chi connectivity index (χ1v) is 6.71. The number of rotatable bonds is 4. The molecule has 0 unspecified atom stereocenters. The number of nitrogens with one attached hydrogen (secondary N) is 1. The number of thiophene rings is 1. The van der Waals surface area contributed by atoms with E-state index in [0.717, 1.165) is 23.7 Å². The van der Waals surface area contributed by atoms with Crippen LogP contribution in [0.3, 0.4) is 0 Å². The Morgan fingerprint density at radius 1 is 1.35 bits per heavy atom. The van der Waals surface area contributed by atoms with Crippen LogP contribution in [-0.2, 0) is 13.1 Å². The first-order chi connectivity index (χ1) is 8.16. The Hall–Kier alpha value is -0.900. The topological polar surface area (TPSA) is 24.9 Å². The molecule has 0 radical (unpaired) electrons. The summed E-state index contributed by atoms with van der Waals surface area (Å²) in [6.07, 6.45) is 3.44. The molecular formula is C13H15ClN2S. The minimum absolute atomic E-state index is 0.721. The van der Waals surface area contributed by atoms with E-state index in [-0.39, 0.29) is 0 Å². The second-order valence-corrected chi connectivity index (χ2v) is 5.77. The van der Waals surface area contributed by atoms with Gasteiger partial charge in [0.05, 0.1) is 5.02 Å². The average Bonchev–Trinajstić information content (AvgIpc) is 2.61. The number of nitrogens with zero attached hydrogens (tertiary/aromatic N) is 1. The third kappa shape index (κ3) is 3.28. The molecule has 2 aromatic rings. The van der Waals surface area contributed by atoms with Crippen molar-refractivity contribution in [1.29, 1.82) is 0 Å². The van der Waals surface area contributed by atoms with E-state index in [4.69, 9.17) is 11.6 Å². The molecule has 1 N–H and O–H groups in total. The van der Waals surface area contributed by atoms with Gasteiger partial charge in [-0.15, -0.1) is 11.3 Å². The molecule has 0 spiro atoms. The molecule has 0 amide bonds. The summed E-state index contributed by atoms with van der Waals surface area (Å²) in [5.74, 6) is 0. The lowest BCUT2D eigenvalue weighted by Gasteiger charge is -2.04. The van der Waals surface area contributed by atoms with Gasteiger partial charge in [0.1, 0.15) is 0 Å². The number of aromatic nitrogens is 1. The van der Waals surface area contributed by atoms with E-state index in [1.807, 2.05) is 17.4 Å². The van der Waals surface area contributed by atoms with E-state index < -0.39 is 0 Å². The molecule has 90 valence electrons. The van der Waals surface area contributed by atoms with Crippen molar-refractivity contribution in [3.8, 4) is 0 Å². The standard InChI is InChI=1S/C13H15ClN2S/c1-9-5-12(17-10(9)2)7-16-6-11-3-4-15-8-13(11)14/h3-5,8,16H,6-7H2,1-2H3. The monoisotopic (exact) mass is 266 g/mol. The van der Waals surface area contributed by atoms with Crippen LogP contribution in [0, 0.1) is 13.8 Å². The zero-order chi connectivity index (χ0) is 12.3. The van der Waals surface area contributed by atoms with E-state index in [0.29, 0.717) is 0 Å². The highest BCUT2D eigenvalue weighted by Crippen LogP contribution is 2.20. The van der Waals surface area contributed by atoms with Crippen LogP contribution >= 0.6 is 22.9 Å². The van der Waals surface area contributed by atoms with Crippen LogP contribution in [-0.4, -0.2) is 4.98 Å². The fourth-order valence-electron chi connectivity index (χ4n) is 1.60. The quantitative estimate of drug-likeness (QED) is 0.913. The van der Waals surface area contributed by atoms with Crippen LogP contribution in [0.4, 0.5) is 0 Å².